The summed E-state index contributed by atoms with van der Waals surface area (Å²) in [7, 11) is 0. The Balaban J connectivity index is 1.54. The van der Waals surface area contributed by atoms with Gasteiger partial charge in [0.2, 0.25) is 0 Å². The first-order valence-corrected chi connectivity index (χ1v) is 13.6. The van der Waals surface area contributed by atoms with Gasteiger partial charge in [0.05, 0.1) is 17.9 Å². The van der Waals surface area contributed by atoms with Gasteiger partial charge in [-0.1, -0.05) is 53.3 Å². The highest BCUT2D eigenvalue weighted by atomic mass is 32.9. The van der Waals surface area contributed by atoms with Gasteiger partial charge in [-0.25, -0.2) is 0 Å². The van der Waals surface area contributed by atoms with Crippen molar-refractivity contribution in [2.75, 3.05) is 0 Å². The maximum Gasteiger partial charge on any atom is 0.0738 e. The molecule has 144 valence electrons. The predicted octanol–water partition coefficient (Wildman–Crippen LogP) is 6.22. The van der Waals surface area contributed by atoms with E-state index in [2.05, 4.69) is 41.5 Å². The first kappa shape index (κ1) is 19.2. The number of hydrogen-bond acceptors (Lipinski definition) is 4. The molecule has 0 aromatic carbocycles. The lowest BCUT2D eigenvalue weighted by atomic mass is 9.70. The summed E-state index contributed by atoms with van der Waals surface area (Å²) < 4.78 is 13.2. The van der Waals surface area contributed by atoms with E-state index in [-0.39, 0.29) is 33.9 Å². The lowest BCUT2D eigenvalue weighted by molar-refractivity contribution is -0.0446. The van der Waals surface area contributed by atoms with Crippen molar-refractivity contribution in [3.8, 4) is 0 Å². The molecule has 5 heteroatoms. The minimum atomic E-state index is -2.68. The zero-order valence-electron chi connectivity index (χ0n) is 16.6. The summed E-state index contributed by atoms with van der Waals surface area (Å²) in [5.74, 6) is 1.48. The second-order valence-electron chi connectivity index (χ2n) is 11.2. The highest BCUT2D eigenvalue weighted by Gasteiger charge is 2.62. The van der Waals surface area contributed by atoms with Crippen molar-refractivity contribution < 1.29 is 9.05 Å². The first-order valence-electron chi connectivity index (χ1n) is 9.98. The zero-order chi connectivity index (χ0) is 18.5. The highest BCUT2D eigenvalue weighted by Crippen LogP contribution is 2.70. The summed E-state index contributed by atoms with van der Waals surface area (Å²) in [5, 5.41) is 0. The van der Waals surface area contributed by atoms with E-state index >= 15 is 0 Å². The Bertz CT molecular complexity index is 574. The quantitative estimate of drug-likeness (QED) is 0.411. The van der Waals surface area contributed by atoms with Gasteiger partial charge in [0.15, 0.2) is 0 Å². The fourth-order valence-electron chi connectivity index (χ4n) is 7.32. The average Bonchev–Trinajstić information content (AvgIpc) is 3.14. The van der Waals surface area contributed by atoms with E-state index in [4.69, 9.17) is 33.1 Å². The number of hydrogen-bond donors (Lipinski definition) is 0. The van der Waals surface area contributed by atoms with Gasteiger partial charge >= 0.3 is 0 Å². The van der Waals surface area contributed by atoms with Gasteiger partial charge < -0.3 is 21.3 Å². The van der Waals surface area contributed by atoms with Crippen molar-refractivity contribution in [1.82, 2.24) is 0 Å². The molecule has 4 aliphatic carbocycles. The Labute approximate surface area is 164 Å². The lowest BCUT2D eigenvalue weighted by Crippen LogP contribution is -2.44. The first-order chi connectivity index (χ1) is 11.3. The average molecular weight is 402 g/mol. The molecule has 4 fully saturated rings. The van der Waals surface area contributed by atoms with Gasteiger partial charge in [-0.05, 0) is 72.0 Å². The molecule has 25 heavy (non-hydrogen) atoms. The number of fused-ring (bicyclic) bond motifs is 4. The van der Waals surface area contributed by atoms with Crippen LogP contribution in [0.15, 0.2) is 0 Å². The Morgan fingerprint density at radius 2 is 1.16 bits per heavy atom. The van der Waals surface area contributed by atoms with Crippen LogP contribution in [-0.4, -0.2) is 12.2 Å². The summed E-state index contributed by atoms with van der Waals surface area (Å²) in [6.45, 7) is 14.1. The van der Waals surface area contributed by atoms with Crippen molar-refractivity contribution in [2.24, 2.45) is 33.5 Å². The van der Waals surface area contributed by atoms with Crippen LogP contribution in [0.3, 0.4) is 0 Å². The molecule has 0 heterocycles. The molecular weight excluding hydrogens is 367 g/mol. The van der Waals surface area contributed by atoms with E-state index in [1.54, 1.807) is 0 Å². The van der Waals surface area contributed by atoms with E-state index in [9.17, 15) is 0 Å². The normalized spacial score (nSPS) is 51.8. The van der Waals surface area contributed by atoms with E-state index in [0.29, 0.717) is 0 Å². The summed E-state index contributed by atoms with van der Waals surface area (Å²) in [5.41, 5.74) is -1.90. The third-order valence-electron chi connectivity index (χ3n) is 8.74. The van der Waals surface area contributed by atoms with Crippen LogP contribution in [0.25, 0.3) is 0 Å². The Morgan fingerprint density at radius 3 is 1.44 bits per heavy atom. The second kappa shape index (κ2) is 5.50. The molecule has 0 aliphatic heterocycles. The second-order valence-corrected chi connectivity index (χ2v) is 16.1. The van der Waals surface area contributed by atoms with E-state index in [0.717, 1.165) is 11.8 Å². The SMILES string of the molecule is CC12CCC(C1)C(C)(C)C2OP(=S)([S-])OC1C2(C)CCC(C2)C1(C)C. The van der Waals surface area contributed by atoms with Crippen molar-refractivity contribution in [1.29, 1.82) is 0 Å². The molecular formula is C20H34O2PS2-. The summed E-state index contributed by atoms with van der Waals surface area (Å²) in [6, 6.07) is 0. The molecule has 0 aromatic heterocycles. The Morgan fingerprint density at radius 1 is 0.800 bits per heavy atom. The molecule has 0 amide bonds. The minimum absolute atomic E-state index is 0.150. The molecule has 6 unspecified atom stereocenters. The summed E-state index contributed by atoms with van der Waals surface area (Å²) >= 11 is 11.7. The largest absolute Gasteiger partial charge is 0.691 e. The van der Waals surface area contributed by atoms with Gasteiger partial charge in [-0.3, -0.25) is 0 Å². The summed E-state index contributed by atoms with van der Waals surface area (Å²) in [4.78, 5) is 0. The van der Waals surface area contributed by atoms with Gasteiger partial charge in [0.1, 0.15) is 0 Å². The van der Waals surface area contributed by atoms with E-state index in [1.165, 1.54) is 38.5 Å². The maximum atomic E-state index is 6.58. The van der Waals surface area contributed by atoms with Crippen LogP contribution >= 0.6 is 5.69 Å². The fraction of sp³-hybridized carbons (Fsp3) is 1.00. The van der Waals surface area contributed by atoms with Crippen molar-refractivity contribution >= 4 is 29.7 Å². The van der Waals surface area contributed by atoms with Crippen molar-refractivity contribution in [3.63, 3.8) is 0 Å². The lowest BCUT2D eigenvalue weighted by Gasteiger charge is -2.50. The molecule has 0 N–H and O–H groups in total. The monoisotopic (exact) mass is 401 g/mol. The van der Waals surface area contributed by atoms with Crippen LogP contribution in [-0.2, 0) is 33.1 Å². The third-order valence-corrected chi connectivity index (χ3v) is 10.7. The van der Waals surface area contributed by atoms with Crippen LogP contribution in [0.5, 0.6) is 0 Å². The predicted molar refractivity (Wildman–Crippen MR) is 110 cm³/mol. The molecule has 0 saturated heterocycles. The third kappa shape index (κ3) is 2.76. The van der Waals surface area contributed by atoms with Gasteiger partial charge in [0.25, 0.3) is 0 Å². The molecule has 0 spiro atoms. The molecule has 4 saturated carbocycles. The summed E-state index contributed by atoms with van der Waals surface area (Å²) in [6.07, 6.45) is 7.93. The van der Waals surface area contributed by atoms with Crippen LogP contribution < -0.4 is 0 Å². The molecule has 4 bridgehead atoms. The van der Waals surface area contributed by atoms with Gasteiger partial charge in [-0.15, -0.1) is 0 Å². The molecule has 0 aromatic rings. The van der Waals surface area contributed by atoms with E-state index in [1.807, 2.05) is 0 Å². The van der Waals surface area contributed by atoms with Gasteiger partial charge in [0, 0.05) is 0 Å². The molecule has 4 aliphatic rings. The molecule has 6 atom stereocenters. The maximum absolute atomic E-state index is 6.58. The van der Waals surface area contributed by atoms with E-state index < -0.39 is 5.69 Å². The molecule has 2 nitrogen and oxygen atoms in total. The van der Waals surface area contributed by atoms with Crippen LogP contribution in [0.2, 0.25) is 0 Å². The topological polar surface area (TPSA) is 18.5 Å². The van der Waals surface area contributed by atoms with Gasteiger partial charge in [-0.2, -0.15) is 0 Å². The van der Waals surface area contributed by atoms with Crippen LogP contribution in [0.1, 0.15) is 80.1 Å². The molecule has 0 radical (unpaired) electrons. The smallest absolute Gasteiger partial charge is 0.0738 e. The van der Waals surface area contributed by atoms with Crippen molar-refractivity contribution in [2.45, 2.75) is 92.3 Å². The Kier molecular flexibility index (Phi) is 4.23. The van der Waals surface area contributed by atoms with Crippen molar-refractivity contribution in [3.05, 3.63) is 0 Å². The van der Waals surface area contributed by atoms with Crippen LogP contribution in [0.4, 0.5) is 0 Å². The Hall–Kier alpha value is 0.920. The highest BCUT2D eigenvalue weighted by molar-refractivity contribution is 8.51. The van der Waals surface area contributed by atoms with Crippen LogP contribution in [0, 0.1) is 33.5 Å². The number of rotatable bonds is 4. The fourth-order valence-corrected chi connectivity index (χ4v) is 9.97. The zero-order valence-corrected chi connectivity index (χ0v) is 19.2. The minimum Gasteiger partial charge on any atom is -0.691 e. The molecule has 4 rings (SSSR count). The standard InChI is InChI=1S/C20H35O2PS2/c1-17(2)13-7-9-19(5,11-13)15(17)21-23(24,25)22-16-18(3,4)14-8-10-20(16,6)12-14/h13-16H,7-12H2,1-6H3,(H,24,25)/p-1.